The lowest BCUT2D eigenvalue weighted by Crippen LogP contribution is -2.44. The number of aryl methyl sites for hydroxylation is 1. The summed E-state index contributed by atoms with van der Waals surface area (Å²) >= 11 is 0. The van der Waals surface area contributed by atoms with Crippen molar-refractivity contribution in [1.82, 2.24) is 0 Å². The van der Waals surface area contributed by atoms with E-state index in [1.807, 2.05) is 0 Å². The summed E-state index contributed by atoms with van der Waals surface area (Å²) in [5, 5.41) is 2.74. The molecule has 2 aromatic rings. The van der Waals surface area contributed by atoms with E-state index in [1.54, 1.807) is 30.3 Å². The van der Waals surface area contributed by atoms with Crippen molar-refractivity contribution in [3.05, 3.63) is 59.7 Å². The lowest BCUT2D eigenvalue weighted by molar-refractivity contribution is -0.138. The maximum Gasteiger partial charge on any atom is 0.416 e. The number of hydrogen-bond acceptors (Lipinski definition) is 4. The molecule has 0 aliphatic carbocycles. The first-order valence-electron chi connectivity index (χ1n) is 9.06. The first-order chi connectivity index (χ1) is 13.6. The largest absolute Gasteiger partial charge is 0.416 e. The Morgan fingerprint density at radius 2 is 1.86 bits per heavy atom. The number of nitrogens with zero attached hydrogens (tertiary/aromatic N) is 1. The first kappa shape index (κ1) is 21.2. The van der Waals surface area contributed by atoms with Crippen molar-refractivity contribution in [2.75, 3.05) is 28.3 Å². The van der Waals surface area contributed by atoms with Crippen LogP contribution in [0.5, 0.6) is 0 Å². The van der Waals surface area contributed by atoms with E-state index in [0.29, 0.717) is 12.1 Å². The molecule has 0 spiro atoms. The number of carbonyl (C=O) groups excluding carboxylic acids is 1. The molecule has 0 aromatic heterocycles. The maximum atomic E-state index is 13.1. The van der Waals surface area contributed by atoms with Crippen molar-refractivity contribution in [3.8, 4) is 0 Å². The summed E-state index contributed by atoms with van der Waals surface area (Å²) in [6, 6.07) is 12.0. The highest BCUT2D eigenvalue weighted by Crippen LogP contribution is 2.33. The van der Waals surface area contributed by atoms with Gasteiger partial charge in [-0.05, 0) is 43.2 Å². The van der Waals surface area contributed by atoms with Gasteiger partial charge >= 0.3 is 6.18 Å². The highest BCUT2D eigenvalue weighted by atomic mass is 32.2. The van der Waals surface area contributed by atoms with Crippen LogP contribution in [0.25, 0.3) is 0 Å². The summed E-state index contributed by atoms with van der Waals surface area (Å²) in [5.74, 6) is -0.530. The summed E-state index contributed by atoms with van der Waals surface area (Å²) in [6.45, 7) is 1.11. The summed E-state index contributed by atoms with van der Waals surface area (Å²) in [7, 11) is -3.22. The van der Waals surface area contributed by atoms with Crippen LogP contribution >= 0.6 is 0 Å². The summed E-state index contributed by atoms with van der Waals surface area (Å²) in [6.07, 6.45) is -4.16. The van der Waals surface area contributed by atoms with Gasteiger partial charge in [0.1, 0.15) is 0 Å². The molecule has 0 radical (unpaired) electrons. The smallest absolute Gasteiger partial charge is 0.376 e. The molecule has 1 heterocycles. The summed E-state index contributed by atoms with van der Waals surface area (Å²) in [5.41, 5.74) is 0.0535. The molecule has 1 atom stereocenters. The molecule has 0 bridgehead atoms. The van der Waals surface area contributed by atoms with E-state index < -0.39 is 33.5 Å². The Balaban J connectivity index is 1.79. The van der Waals surface area contributed by atoms with Crippen LogP contribution in [0.3, 0.4) is 0 Å². The third kappa shape index (κ3) is 5.09. The average Bonchev–Trinajstić information content (AvgIpc) is 3.00. The van der Waals surface area contributed by atoms with Gasteiger partial charge in [-0.2, -0.15) is 13.2 Å². The quantitative estimate of drug-likeness (QED) is 0.793. The Labute approximate surface area is 167 Å². The van der Waals surface area contributed by atoms with Crippen LogP contribution in [-0.2, 0) is 20.8 Å². The fourth-order valence-corrected chi connectivity index (χ4v) is 5.13. The second-order valence-electron chi connectivity index (χ2n) is 7.04. The highest BCUT2D eigenvalue weighted by molar-refractivity contribution is 7.91. The number of halogens is 3. The number of sulfone groups is 1. The van der Waals surface area contributed by atoms with Crippen molar-refractivity contribution in [1.29, 1.82) is 0 Å². The van der Waals surface area contributed by atoms with Crippen LogP contribution in [-0.4, -0.2) is 38.4 Å². The van der Waals surface area contributed by atoms with E-state index in [2.05, 4.69) is 5.32 Å². The fourth-order valence-electron chi connectivity index (χ4n) is 3.43. The van der Waals surface area contributed by atoms with Gasteiger partial charge in [0.2, 0.25) is 5.91 Å². The maximum absolute atomic E-state index is 13.1. The molecule has 9 heteroatoms. The number of nitrogens with one attached hydrogen (secondary N) is 1. The molecule has 1 unspecified atom stereocenters. The van der Waals surface area contributed by atoms with Gasteiger partial charge < -0.3 is 10.2 Å². The van der Waals surface area contributed by atoms with Crippen molar-refractivity contribution >= 4 is 27.1 Å². The molecule has 0 saturated carbocycles. The fraction of sp³-hybridized carbons (Fsp3) is 0.350. The second kappa shape index (κ2) is 8.06. The van der Waals surface area contributed by atoms with Crippen molar-refractivity contribution in [3.63, 3.8) is 0 Å². The van der Waals surface area contributed by atoms with E-state index in [9.17, 15) is 26.4 Å². The molecule has 1 aliphatic rings. The van der Waals surface area contributed by atoms with Gasteiger partial charge in [0, 0.05) is 11.4 Å². The van der Waals surface area contributed by atoms with Gasteiger partial charge in [-0.1, -0.05) is 24.3 Å². The molecule has 1 aliphatic heterocycles. The molecule has 1 saturated heterocycles. The van der Waals surface area contributed by atoms with E-state index in [4.69, 9.17) is 0 Å². The molecule has 1 amide bonds. The molecule has 3 rings (SSSR count). The van der Waals surface area contributed by atoms with Crippen LogP contribution in [0.15, 0.2) is 48.5 Å². The number of rotatable bonds is 5. The Bertz CT molecular complexity index is 992. The Morgan fingerprint density at radius 1 is 1.17 bits per heavy atom. The number of hydrogen-bond donors (Lipinski definition) is 1. The van der Waals surface area contributed by atoms with E-state index in [1.165, 1.54) is 24.0 Å². The predicted molar refractivity (Wildman–Crippen MR) is 106 cm³/mol. The number of alkyl halides is 3. The predicted octanol–water partition coefficient (Wildman–Crippen LogP) is 3.65. The summed E-state index contributed by atoms with van der Waals surface area (Å²) in [4.78, 5) is 14.3. The third-order valence-electron chi connectivity index (χ3n) is 4.86. The topological polar surface area (TPSA) is 66.5 Å². The lowest BCUT2D eigenvalue weighted by Gasteiger charge is -2.28. The van der Waals surface area contributed by atoms with E-state index >= 15 is 0 Å². The molecule has 5 nitrogen and oxygen atoms in total. The number of para-hydroxylation sites is 1. The number of benzene rings is 2. The number of carbonyl (C=O) groups is 1. The van der Waals surface area contributed by atoms with E-state index in [-0.39, 0.29) is 29.3 Å². The first-order valence-corrected chi connectivity index (χ1v) is 10.9. The standard InChI is InChI=1S/C20H21F3N2O3S/c1-14-7-8-15(11-18(14)20(21,22)23)24-12-19(26)25(16-5-3-2-4-6-16)17-9-10-29(27,28)13-17/h2-8,11,17,24H,9-10,12-13H2,1H3. The van der Waals surface area contributed by atoms with E-state index in [0.717, 1.165) is 6.07 Å². The van der Waals surface area contributed by atoms with Gasteiger partial charge in [0.05, 0.1) is 29.7 Å². The lowest BCUT2D eigenvalue weighted by atomic mass is 10.1. The van der Waals surface area contributed by atoms with Gasteiger partial charge in [0.25, 0.3) is 0 Å². The zero-order valence-electron chi connectivity index (χ0n) is 15.7. The molecule has 1 fully saturated rings. The zero-order chi connectivity index (χ0) is 21.2. The summed E-state index contributed by atoms with van der Waals surface area (Å²) < 4.78 is 63.0. The Hall–Kier alpha value is -2.55. The van der Waals surface area contributed by atoms with Gasteiger partial charge in [0.15, 0.2) is 9.84 Å². The van der Waals surface area contributed by atoms with Crippen molar-refractivity contribution < 1.29 is 26.4 Å². The Kier molecular flexibility index (Phi) is 5.88. The Morgan fingerprint density at radius 3 is 2.45 bits per heavy atom. The highest BCUT2D eigenvalue weighted by Gasteiger charge is 2.36. The zero-order valence-corrected chi connectivity index (χ0v) is 16.6. The van der Waals surface area contributed by atoms with Gasteiger partial charge in [-0.25, -0.2) is 8.42 Å². The number of amides is 1. The molecule has 2 aromatic carbocycles. The van der Waals surface area contributed by atoms with Crippen LogP contribution in [0.4, 0.5) is 24.5 Å². The minimum Gasteiger partial charge on any atom is -0.376 e. The number of anilines is 2. The third-order valence-corrected chi connectivity index (χ3v) is 6.61. The van der Waals surface area contributed by atoms with Crippen LogP contribution in [0, 0.1) is 6.92 Å². The van der Waals surface area contributed by atoms with Crippen molar-refractivity contribution in [2.45, 2.75) is 25.6 Å². The average molecular weight is 426 g/mol. The molecular formula is C20H21F3N2O3S. The molecule has 29 heavy (non-hydrogen) atoms. The molecule has 1 N–H and O–H groups in total. The van der Waals surface area contributed by atoms with Gasteiger partial charge in [-0.3, -0.25) is 4.79 Å². The van der Waals surface area contributed by atoms with Crippen LogP contribution < -0.4 is 10.2 Å². The van der Waals surface area contributed by atoms with Gasteiger partial charge in [-0.15, -0.1) is 0 Å². The minimum atomic E-state index is -4.49. The SMILES string of the molecule is Cc1ccc(NCC(=O)N(c2ccccc2)C2CCS(=O)(=O)C2)cc1C(F)(F)F. The monoisotopic (exact) mass is 426 g/mol. The van der Waals surface area contributed by atoms with Crippen molar-refractivity contribution in [2.24, 2.45) is 0 Å². The molecule has 156 valence electrons. The molecular weight excluding hydrogens is 405 g/mol. The normalized spacial score (nSPS) is 18.4. The second-order valence-corrected chi connectivity index (χ2v) is 9.27. The van der Waals surface area contributed by atoms with Crippen LogP contribution in [0.1, 0.15) is 17.5 Å². The minimum absolute atomic E-state index is 0.00855. The van der Waals surface area contributed by atoms with Crippen LogP contribution in [0.2, 0.25) is 0 Å².